The number of rotatable bonds is 4. The average Bonchev–Trinajstić information content (AvgIpc) is 3.02. The molecule has 1 fully saturated rings. The van der Waals surface area contributed by atoms with Crippen LogP contribution in [-0.4, -0.2) is 48.1 Å². The predicted molar refractivity (Wildman–Crippen MR) is 94.3 cm³/mol. The number of benzene rings is 2. The van der Waals surface area contributed by atoms with Crippen molar-refractivity contribution < 1.29 is 14.3 Å². The van der Waals surface area contributed by atoms with Crippen LogP contribution in [-0.2, 0) is 0 Å². The first-order valence-corrected chi connectivity index (χ1v) is 8.16. The molecule has 128 valence electrons. The second kappa shape index (κ2) is 6.12. The van der Waals surface area contributed by atoms with Gasteiger partial charge in [-0.2, -0.15) is 0 Å². The van der Waals surface area contributed by atoms with E-state index in [1.54, 1.807) is 37.3 Å². The van der Waals surface area contributed by atoms with Gasteiger partial charge in [0.2, 0.25) is 0 Å². The number of aromatic nitrogens is 2. The van der Waals surface area contributed by atoms with Gasteiger partial charge in [0.1, 0.15) is 5.82 Å². The van der Waals surface area contributed by atoms with Crippen LogP contribution in [0.5, 0.6) is 11.5 Å². The van der Waals surface area contributed by atoms with Gasteiger partial charge in [-0.3, -0.25) is 4.79 Å². The quantitative estimate of drug-likeness (QED) is 0.795. The van der Waals surface area contributed by atoms with E-state index in [2.05, 4.69) is 9.97 Å². The first-order valence-electron chi connectivity index (χ1n) is 8.16. The molecule has 3 aromatic rings. The second-order valence-corrected chi connectivity index (χ2v) is 6.09. The molecule has 1 aliphatic rings. The number of para-hydroxylation sites is 3. The number of fused-ring (bicyclic) bond motifs is 1. The van der Waals surface area contributed by atoms with E-state index in [0.717, 1.165) is 16.9 Å². The maximum Gasteiger partial charge on any atom is 0.257 e. The molecule has 0 atom stereocenters. The van der Waals surface area contributed by atoms with Crippen LogP contribution in [0.3, 0.4) is 0 Å². The number of methoxy groups -OCH3 is 2. The zero-order chi connectivity index (χ0) is 17.4. The van der Waals surface area contributed by atoms with E-state index in [4.69, 9.17) is 9.47 Å². The normalized spacial score (nSPS) is 14.4. The van der Waals surface area contributed by atoms with Gasteiger partial charge >= 0.3 is 0 Å². The number of nitrogens with zero attached hydrogens (tertiary/aromatic N) is 2. The van der Waals surface area contributed by atoms with Gasteiger partial charge < -0.3 is 19.4 Å². The van der Waals surface area contributed by atoms with Crippen molar-refractivity contribution >= 4 is 16.9 Å². The standard InChI is InChI=1S/C19H19N3O3/c1-24-16-9-5-6-13(17(16)25-2)19(23)22-10-12(11-22)18-20-14-7-3-4-8-15(14)21-18/h3-9,12H,10-11H2,1-2H3,(H,20,21). The number of likely N-dealkylation sites (tertiary alicyclic amines) is 1. The van der Waals surface area contributed by atoms with E-state index in [9.17, 15) is 4.79 Å². The summed E-state index contributed by atoms with van der Waals surface area (Å²) in [5.41, 5.74) is 2.50. The van der Waals surface area contributed by atoms with E-state index >= 15 is 0 Å². The van der Waals surface area contributed by atoms with E-state index in [1.165, 1.54) is 0 Å². The summed E-state index contributed by atoms with van der Waals surface area (Å²) in [4.78, 5) is 22.6. The fraction of sp³-hybridized carbons (Fsp3) is 0.263. The molecule has 25 heavy (non-hydrogen) atoms. The van der Waals surface area contributed by atoms with E-state index in [-0.39, 0.29) is 11.8 Å². The van der Waals surface area contributed by atoms with Crippen molar-refractivity contribution in [2.45, 2.75) is 5.92 Å². The van der Waals surface area contributed by atoms with Crippen LogP contribution in [0, 0.1) is 0 Å². The number of aromatic amines is 1. The molecule has 2 aromatic carbocycles. The van der Waals surface area contributed by atoms with E-state index in [1.807, 2.05) is 24.3 Å². The molecule has 0 spiro atoms. The summed E-state index contributed by atoms with van der Waals surface area (Å²) in [6, 6.07) is 13.3. The van der Waals surface area contributed by atoms with Crippen molar-refractivity contribution in [3.05, 3.63) is 53.9 Å². The lowest BCUT2D eigenvalue weighted by Gasteiger charge is -2.38. The largest absolute Gasteiger partial charge is 0.493 e. The smallest absolute Gasteiger partial charge is 0.257 e. The van der Waals surface area contributed by atoms with Crippen LogP contribution >= 0.6 is 0 Å². The van der Waals surface area contributed by atoms with Crippen molar-refractivity contribution in [3.8, 4) is 11.5 Å². The molecule has 1 N–H and O–H groups in total. The Kier molecular flexibility index (Phi) is 3.80. The molecule has 0 aliphatic carbocycles. The highest BCUT2D eigenvalue weighted by Crippen LogP contribution is 2.34. The Morgan fingerprint density at radius 2 is 1.92 bits per heavy atom. The van der Waals surface area contributed by atoms with Gasteiger partial charge in [0.25, 0.3) is 5.91 Å². The van der Waals surface area contributed by atoms with Crippen LogP contribution in [0.2, 0.25) is 0 Å². The number of hydrogen-bond donors (Lipinski definition) is 1. The lowest BCUT2D eigenvalue weighted by molar-refractivity contribution is 0.0591. The SMILES string of the molecule is COc1cccc(C(=O)N2CC(c3nc4ccccc4[nH]3)C2)c1OC. The highest BCUT2D eigenvalue weighted by Gasteiger charge is 2.35. The van der Waals surface area contributed by atoms with Gasteiger partial charge in [-0.05, 0) is 24.3 Å². The molecule has 1 amide bonds. The minimum atomic E-state index is -0.0527. The summed E-state index contributed by atoms with van der Waals surface area (Å²) in [6.45, 7) is 1.28. The van der Waals surface area contributed by atoms with E-state index in [0.29, 0.717) is 30.2 Å². The number of carbonyl (C=O) groups is 1. The maximum absolute atomic E-state index is 12.8. The Balaban J connectivity index is 1.51. The molecule has 4 rings (SSSR count). The number of hydrogen-bond acceptors (Lipinski definition) is 4. The summed E-state index contributed by atoms with van der Waals surface area (Å²) in [5, 5.41) is 0. The van der Waals surface area contributed by atoms with Crippen molar-refractivity contribution in [2.24, 2.45) is 0 Å². The number of ether oxygens (including phenoxy) is 2. The zero-order valence-electron chi connectivity index (χ0n) is 14.2. The third kappa shape index (κ3) is 2.59. The summed E-state index contributed by atoms with van der Waals surface area (Å²) >= 11 is 0. The molecule has 1 aliphatic heterocycles. The number of nitrogens with one attached hydrogen (secondary N) is 1. The molecular formula is C19H19N3O3. The van der Waals surface area contributed by atoms with Crippen molar-refractivity contribution in [1.29, 1.82) is 0 Å². The lowest BCUT2D eigenvalue weighted by Crippen LogP contribution is -2.48. The lowest BCUT2D eigenvalue weighted by atomic mass is 9.98. The molecule has 2 heterocycles. The van der Waals surface area contributed by atoms with Gasteiger partial charge in [0, 0.05) is 13.1 Å². The Hall–Kier alpha value is -3.02. The van der Waals surface area contributed by atoms with Gasteiger partial charge in [-0.15, -0.1) is 0 Å². The van der Waals surface area contributed by atoms with Crippen LogP contribution < -0.4 is 9.47 Å². The Morgan fingerprint density at radius 3 is 2.64 bits per heavy atom. The van der Waals surface area contributed by atoms with Crippen molar-refractivity contribution in [2.75, 3.05) is 27.3 Å². The second-order valence-electron chi connectivity index (χ2n) is 6.09. The third-order valence-electron chi connectivity index (χ3n) is 4.60. The monoisotopic (exact) mass is 337 g/mol. The maximum atomic E-state index is 12.8. The molecule has 1 saturated heterocycles. The Bertz CT molecular complexity index is 896. The fourth-order valence-corrected chi connectivity index (χ4v) is 3.21. The van der Waals surface area contributed by atoms with Gasteiger partial charge in [-0.1, -0.05) is 18.2 Å². The van der Waals surface area contributed by atoms with Crippen LogP contribution in [0.1, 0.15) is 22.1 Å². The highest BCUT2D eigenvalue weighted by molar-refractivity contribution is 5.98. The molecule has 1 aromatic heterocycles. The number of H-pyrrole nitrogens is 1. The summed E-state index contributed by atoms with van der Waals surface area (Å²) in [7, 11) is 3.11. The third-order valence-corrected chi connectivity index (χ3v) is 4.60. The average molecular weight is 337 g/mol. The minimum Gasteiger partial charge on any atom is -0.493 e. The fourth-order valence-electron chi connectivity index (χ4n) is 3.21. The van der Waals surface area contributed by atoms with E-state index < -0.39 is 0 Å². The summed E-state index contributed by atoms with van der Waals surface area (Å²) in [5.74, 6) is 2.14. The molecule has 0 bridgehead atoms. The van der Waals surface area contributed by atoms with Crippen molar-refractivity contribution in [1.82, 2.24) is 14.9 Å². The minimum absolute atomic E-state index is 0.0527. The number of amides is 1. The summed E-state index contributed by atoms with van der Waals surface area (Å²) in [6.07, 6.45) is 0. The molecule has 6 heteroatoms. The topological polar surface area (TPSA) is 67.5 Å². The first-order chi connectivity index (χ1) is 12.2. The Labute approximate surface area is 145 Å². The van der Waals surface area contributed by atoms with Gasteiger partial charge in [-0.25, -0.2) is 4.98 Å². The van der Waals surface area contributed by atoms with Gasteiger partial charge in [0.05, 0.1) is 36.7 Å². The van der Waals surface area contributed by atoms with Crippen molar-refractivity contribution in [3.63, 3.8) is 0 Å². The molecule has 0 unspecified atom stereocenters. The Morgan fingerprint density at radius 1 is 1.12 bits per heavy atom. The van der Waals surface area contributed by atoms with Crippen LogP contribution in [0.25, 0.3) is 11.0 Å². The first kappa shape index (κ1) is 15.5. The number of carbonyl (C=O) groups excluding carboxylic acids is 1. The summed E-state index contributed by atoms with van der Waals surface area (Å²) < 4.78 is 10.6. The number of imidazole rings is 1. The highest BCUT2D eigenvalue weighted by atomic mass is 16.5. The van der Waals surface area contributed by atoms with Crippen LogP contribution in [0.15, 0.2) is 42.5 Å². The molecule has 6 nitrogen and oxygen atoms in total. The zero-order valence-corrected chi connectivity index (χ0v) is 14.2. The molecular weight excluding hydrogens is 318 g/mol. The molecule has 0 saturated carbocycles. The van der Waals surface area contributed by atoms with Gasteiger partial charge in [0.15, 0.2) is 11.5 Å². The van der Waals surface area contributed by atoms with Crippen LogP contribution in [0.4, 0.5) is 0 Å². The molecule has 0 radical (unpaired) electrons. The predicted octanol–water partition coefficient (Wildman–Crippen LogP) is 2.82.